The number of hydrogen-bond donors (Lipinski definition) is 2. The Hall–Kier alpha value is -1.91. The van der Waals surface area contributed by atoms with Gasteiger partial charge >= 0.3 is 0 Å². The van der Waals surface area contributed by atoms with Crippen molar-refractivity contribution in [2.24, 2.45) is 0 Å². The van der Waals surface area contributed by atoms with Crippen molar-refractivity contribution in [3.8, 4) is 6.07 Å². The van der Waals surface area contributed by atoms with Crippen LogP contribution in [0.1, 0.15) is 18.9 Å². The molecule has 108 valence electrons. The number of anilines is 2. The van der Waals surface area contributed by atoms with Crippen LogP contribution in [0.4, 0.5) is 11.8 Å². The molecule has 1 saturated heterocycles. The summed E-state index contributed by atoms with van der Waals surface area (Å²) in [5.41, 5.74) is 5.97. The quantitative estimate of drug-likeness (QED) is 0.805. The van der Waals surface area contributed by atoms with E-state index < -0.39 is 0 Å². The molecule has 0 unspecified atom stereocenters. The van der Waals surface area contributed by atoms with Crippen LogP contribution in [0.3, 0.4) is 0 Å². The topological polar surface area (TPSA) is 100 Å². The number of nitrogens with one attached hydrogen (secondary N) is 1. The SMILES string of the molecule is CC[C@H](CNc1ncc(C#N)c(N)n1)N1CCOCC1. The van der Waals surface area contributed by atoms with E-state index in [1.54, 1.807) is 0 Å². The molecule has 0 aromatic carbocycles. The zero-order chi connectivity index (χ0) is 14.4. The first kappa shape index (κ1) is 14.5. The van der Waals surface area contributed by atoms with Crippen molar-refractivity contribution < 1.29 is 4.74 Å². The second kappa shape index (κ2) is 7.03. The number of nitrogen functional groups attached to an aromatic ring is 1. The minimum absolute atomic E-state index is 0.212. The predicted molar refractivity (Wildman–Crippen MR) is 76.1 cm³/mol. The summed E-state index contributed by atoms with van der Waals surface area (Å²) in [5.74, 6) is 0.678. The van der Waals surface area contributed by atoms with Gasteiger partial charge in [0.05, 0.1) is 19.4 Å². The number of nitrogens with two attached hydrogens (primary N) is 1. The highest BCUT2D eigenvalue weighted by atomic mass is 16.5. The standard InChI is InChI=1S/C13H20N6O/c1-2-11(19-3-5-20-6-4-19)9-17-13-16-8-10(7-14)12(15)18-13/h8,11H,2-6,9H2,1H3,(H3,15,16,17,18)/t11-/m1/s1. The van der Waals surface area contributed by atoms with Crippen LogP contribution in [0.15, 0.2) is 6.20 Å². The lowest BCUT2D eigenvalue weighted by molar-refractivity contribution is 0.0184. The highest BCUT2D eigenvalue weighted by Gasteiger charge is 2.19. The van der Waals surface area contributed by atoms with E-state index in [-0.39, 0.29) is 5.82 Å². The zero-order valence-corrected chi connectivity index (χ0v) is 11.7. The van der Waals surface area contributed by atoms with Crippen LogP contribution in [0.5, 0.6) is 0 Å². The molecule has 0 amide bonds. The summed E-state index contributed by atoms with van der Waals surface area (Å²) in [6.45, 7) is 6.40. The van der Waals surface area contributed by atoms with E-state index in [2.05, 4.69) is 27.1 Å². The van der Waals surface area contributed by atoms with Gasteiger partial charge in [0.2, 0.25) is 5.95 Å². The number of morpholine rings is 1. The Morgan fingerprint density at radius 3 is 2.90 bits per heavy atom. The maximum atomic E-state index is 8.79. The third-order valence-electron chi connectivity index (χ3n) is 3.47. The van der Waals surface area contributed by atoms with Crippen molar-refractivity contribution in [1.29, 1.82) is 5.26 Å². The van der Waals surface area contributed by atoms with Gasteiger partial charge in [-0.2, -0.15) is 10.2 Å². The molecular formula is C13H20N6O. The Labute approximate surface area is 118 Å². The first-order chi connectivity index (χ1) is 9.74. The zero-order valence-electron chi connectivity index (χ0n) is 11.7. The fourth-order valence-corrected chi connectivity index (χ4v) is 2.25. The molecule has 0 spiro atoms. The Bertz CT molecular complexity index is 480. The molecule has 1 atom stereocenters. The number of ether oxygens (including phenoxy) is 1. The van der Waals surface area contributed by atoms with Crippen molar-refractivity contribution in [2.75, 3.05) is 43.9 Å². The highest BCUT2D eigenvalue weighted by molar-refractivity contribution is 5.49. The fraction of sp³-hybridized carbons (Fsp3) is 0.615. The largest absolute Gasteiger partial charge is 0.382 e. The molecular weight excluding hydrogens is 256 g/mol. The number of nitrogens with zero attached hydrogens (tertiary/aromatic N) is 4. The van der Waals surface area contributed by atoms with Gasteiger partial charge in [0.25, 0.3) is 0 Å². The Kier molecular flexibility index (Phi) is 5.09. The molecule has 7 heteroatoms. The molecule has 1 aliphatic rings. The van der Waals surface area contributed by atoms with Gasteiger partial charge in [0.15, 0.2) is 0 Å². The summed E-state index contributed by atoms with van der Waals surface area (Å²) in [6.07, 6.45) is 2.49. The van der Waals surface area contributed by atoms with Crippen molar-refractivity contribution in [3.63, 3.8) is 0 Å². The number of rotatable bonds is 5. The van der Waals surface area contributed by atoms with Crippen molar-refractivity contribution in [3.05, 3.63) is 11.8 Å². The molecule has 1 aliphatic heterocycles. The number of nitriles is 1. The molecule has 2 rings (SSSR count). The minimum Gasteiger partial charge on any atom is -0.382 e. The van der Waals surface area contributed by atoms with Crippen LogP contribution < -0.4 is 11.1 Å². The average Bonchev–Trinajstić information content (AvgIpc) is 2.49. The summed E-state index contributed by atoms with van der Waals surface area (Å²) in [6, 6.07) is 2.37. The Morgan fingerprint density at radius 2 is 2.30 bits per heavy atom. The van der Waals surface area contributed by atoms with E-state index in [9.17, 15) is 0 Å². The third-order valence-corrected chi connectivity index (χ3v) is 3.47. The van der Waals surface area contributed by atoms with Gasteiger partial charge in [-0.3, -0.25) is 4.90 Å². The molecule has 1 aromatic rings. The fourth-order valence-electron chi connectivity index (χ4n) is 2.25. The van der Waals surface area contributed by atoms with Gasteiger partial charge in [0, 0.05) is 25.7 Å². The lowest BCUT2D eigenvalue weighted by Crippen LogP contribution is -2.46. The lowest BCUT2D eigenvalue weighted by Gasteiger charge is -2.34. The molecule has 1 aromatic heterocycles. The van der Waals surface area contributed by atoms with Crippen LogP contribution in [0.25, 0.3) is 0 Å². The van der Waals surface area contributed by atoms with E-state index in [1.807, 2.05) is 6.07 Å². The summed E-state index contributed by atoms with van der Waals surface area (Å²) < 4.78 is 5.36. The van der Waals surface area contributed by atoms with Crippen molar-refractivity contribution >= 4 is 11.8 Å². The molecule has 7 nitrogen and oxygen atoms in total. The first-order valence-corrected chi connectivity index (χ1v) is 6.83. The van der Waals surface area contributed by atoms with Crippen molar-refractivity contribution in [1.82, 2.24) is 14.9 Å². The summed E-state index contributed by atoms with van der Waals surface area (Å²) >= 11 is 0. The second-order valence-electron chi connectivity index (χ2n) is 4.70. The Morgan fingerprint density at radius 1 is 1.55 bits per heavy atom. The van der Waals surface area contributed by atoms with E-state index in [4.69, 9.17) is 15.7 Å². The molecule has 20 heavy (non-hydrogen) atoms. The summed E-state index contributed by atoms with van der Waals surface area (Å²) in [4.78, 5) is 10.6. The number of hydrogen-bond acceptors (Lipinski definition) is 7. The van der Waals surface area contributed by atoms with Gasteiger partial charge < -0.3 is 15.8 Å². The first-order valence-electron chi connectivity index (χ1n) is 6.83. The van der Waals surface area contributed by atoms with Gasteiger partial charge in [-0.05, 0) is 6.42 Å². The predicted octanol–water partition coefficient (Wildman–Crippen LogP) is 0.453. The normalized spacial score (nSPS) is 17.4. The monoisotopic (exact) mass is 276 g/mol. The smallest absolute Gasteiger partial charge is 0.224 e. The second-order valence-corrected chi connectivity index (χ2v) is 4.70. The minimum atomic E-state index is 0.212. The molecule has 3 N–H and O–H groups in total. The van der Waals surface area contributed by atoms with Crippen LogP contribution in [-0.4, -0.2) is 53.8 Å². The van der Waals surface area contributed by atoms with Gasteiger partial charge in [0.1, 0.15) is 17.5 Å². The third kappa shape index (κ3) is 3.56. The summed E-state index contributed by atoms with van der Waals surface area (Å²) in [5, 5.41) is 12.0. The Balaban J connectivity index is 1.92. The molecule has 1 fully saturated rings. The molecule has 0 aliphatic carbocycles. The van der Waals surface area contributed by atoms with Crippen LogP contribution in [-0.2, 0) is 4.74 Å². The molecule has 0 bridgehead atoms. The maximum absolute atomic E-state index is 8.79. The molecule has 0 saturated carbocycles. The lowest BCUT2D eigenvalue weighted by atomic mass is 10.2. The molecule has 0 radical (unpaired) electrons. The van der Waals surface area contributed by atoms with Crippen LogP contribution >= 0.6 is 0 Å². The maximum Gasteiger partial charge on any atom is 0.224 e. The van der Waals surface area contributed by atoms with Gasteiger partial charge in [-0.15, -0.1) is 0 Å². The van der Waals surface area contributed by atoms with Crippen LogP contribution in [0, 0.1) is 11.3 Å². The average molecular weight is 276 g/mol. The van der Waals surface area contributed by atoms with Gasteiger partial charge in [-0.1, -0.05) is 6.92 Å². The van der Waals surface area contributed by atoms with E-state index in [1.165, 1.54) is 6.20 Å². The van der Waals surface area contributed by atoms with Gasteiger partial charge in [-0.25, -0.2) is 4.98 Å². The molecule has 2 heterocycles. The summed E-state index contributed by atoms with van der Waals surface area (Å²) in [7, 11) is 0. The van der Waals surface area contributed by atoms with Crippen LogP contribution in [0.2, 0.25) is 0 Å². The number of aromatic nitrogens is 2. The van der Waals surface area contributed by atoms with E-state index >= 15 is 0 Å². The van der Waals surface area contributed by atoms with Crippen molar-refractivity contribution in [2.45, 2.75) is 19.4 Å². The van der Waals surface area contributed by atoms with E-state index in [0.29, 0.717) is 17.6 Å². The highest BCUT2D eigenvalue weighted by Crippen LogP contribution is 2.11. The van der Waals surface area contributed by atoms with E-state index in [0.717, 1.165) is 39.3 Å².